The third-order valence-corrected chi connectivity index (χ3v) is 2.44. The average molecular weight is 179 g/mol. The van der Waals surface area contributed by atoms with Crippen LogP contribution in [0.2, 0.25) is 0 Å². The van der Waals surface area contributed by atoms with Gasteiger partial charge in [-0.15, -0.1) is 0 Å². The molecule has 1 aromatic heterocycles. The summed E-state index contributed by atoms with van der Waals surface area (Å²) in [5, 5.41) is 8.68. The molecule has 1 atom stereocenters. The minimum Gasteiger partial charge on any atom is -0.477 e. The SMILES string of the molecule is CC1C(=O)Cc2cc(C(=O)O)[nH]c21. The van der Waals surface area contributed by atoms with Crippen molar-refractivity contribution >= 4 is 11.8 Å². The highest BCUT2D eigenvalue weighted by Gasteiger charge is 2.29. The number of aromatic carboxylic acids is 1. The predicted molar refractivity (Wildman–Crippen MR) is 44.9 cm³/mol. The van der Waals surface area contributed by atoms with E-state index in [-0.39, 0.29) is 17.4 Å². The summed E-state index contributed by atoms with van der Waals surface area (Å²) in [6, 6.07) is 1.54. The van der Waals surface area contributed by atoms with E-state index in [2.05, 4.69) is 4.98 Å². The number of hydrogen-bond donors (Lipinski definition) is 2. The molecule has 2 N–H and O–H groups in total. The number of fused-ring (bicyclic) bond motifs is 1. The Morgan fingerprint density at radius 1 is 1.69 bits per heavy atom. The van der Waals surface area contributed by atoms with E-state index in [4.69, 9.17) is 5.11 Å². The molecule has 0 fully saturated rings. The zero-order valence-electron chi connectivity index (χ0n) is 7.13. The number of carbonyl (C=O) groups excluding carboxylic acids is 1. The Balaban J connectivity index is 2.45. The lowest BCUT2D eigenvalue weighted by Crippen LogP contribution is -2.04. The Morgan fingerprint density at radius 2 is 2.38 bits per heavy atom. The lowest BCUT2D eigenvalue weighted by atomic mass is 10.1. The van der Waals surface area contributed by atoms with Crippen molar-refractivity contribution in [2.24, 2.45) is 0 Å². The summed E-state index contributed by atoms with van der Waals surface area (Å²) < 4.78 is 0. The van der Waals surface area contributed by atoms with Gasteiger partial charge in [-0.3, -0.25) is 4.79 Å². The van der Waals surface area contributed by atoms with E-state index in [1.165, 1.54) is 0 Å². The van der Waals surface area contributed by atoms with Gasteiger partial charge in [0.05, 0.1) is 5.92 Å². The van der Waals surface area contributed by atoms with Crippen LogP contribution in [0.15, 0.2) is 6.07 Å². The Kier molecular flexibility index (Phi) is 1.52. The molecule has 1 heterocycles. The maximum absolute atomic E-state index is 11.2. The highest BCUT2D eigenvalue weighted by molar-refractivity contribution is 5.94. The highest BCUT2D eigenvalue weighted by atomic mass is 16.4. The molecule has 1 aliphatic carbocycles. The normalized spacial score (nSPS) is 20.4. The van der Waals surface area contributed by atoms with Crippen LogP contribution in [0.25, 0.3) is 0 Å². The average Bonchev–Trinajstić information content (AvgIpc) is 2.55. The molecular formula is C9H9NO3. The topological polar surface area (TPSA) is 70.2 Å². The van der Waals surface area contributed by atoms with E-state index in [9.17, 15) is 9.59 Å². The van der Waals surface area contributed by atoms with E-state index in [1.807, 2.05) is 0 Å². The van der Waals surface area contributed by atoms with Crippen molar-refractivity contribution in [1.82, 2.24) is 4.98 Å². The molecule has 0 bridgehead atoms. The van der Waals surface area contributed by atoms with E-state index in [0.717, 1.165) is 11.3 Å². The summed E-state index contributed by atoms with van der Waals surface area (Å²) in [7, 11) is 0. The smallest absolute Gasteiger partial charge is 0.352 e. The second kappa shape index (κ2) is 2.45. The van der Waals surface area contributed by atoms with Crippen molar-refractivity contribution in [2.75, 3.05) is 0 Å². The van der Waals surface area contributed by atoms with Gasteiger partial charge in [-0.25, -0.2) is 4.79 Å². The molecule has 0 aromatic carbocycles. The molecule has 2 rings (SSSR count). The van der Waals surface area contributed by atoms with Gasteiger partial charge in [0.2, 0.25) is 0 Å². The maximum Gasteiger partial charge on any atom is 0.352 e. The fourth-order valence-corrected chi connectivity index (χ4v) is 1.66. The molecule has 1 aliphatic rings. The molecule has 13 heavy (non-hydrogen) atoms. The second-order valence-corrected chi connectivity index (χ2v) is 3.29. The van der Waals surface area contributed by atoms with E-state index >= 15 is 0 Å². The molecule has 4 heteroatoms. The van der Waals surface area contributed by atoms with Crippen LogP contribution in [0.1, 0.15) is 34.6 Å². The van der Waals surface area contributed by atoms with Crippen molar-refractivity contribution in [3.63, 3.8) is 0 Å². The number of hydrogen-bond acceptors (Lipinski definition) is 2. The molecule has 1 unspecified atom stereocenters. The molecular weight excluding hydrogens is 170 g/mol. The zero-order valence-corrected chi connectivity index (χ0v) is 7.13. The van der Waals surface area contributed by atoms with Gasteiger partial charge in [0, 0.05) is 12.1 Å². The second-order valence-electron chi connectivity index (χ2n) is 3.29. The summed E-state index contributed by atoms with van der Waals surface area (Å²) in [5.41, 5.74) is 1.77. The summed E-state index contributed by atoms with van der Waals surface area (Å²) >= 11 is 0. The number of carbonyl (C=O) groups is 2. The molecule has 68 valence electrons. The molecule has 1 aromatic rings. The summed E-state index contributed by atoms with van der Waals surface area (Å²) in [4.78, 5) is 24.5. The molecule has 0 amide bonds. The van der Waals surface area contributed by atoms with Crippen LogP contribution in [-0.2, 0) is 11.2 Å². The van der Waals surface area contributed by atoms with Crippen LogP contribution in [0.3, 0.4) is 0 Å². The summed E-state index contributed by atoms with van der Waals surface area (Å²) in [6.45, 7) is 1.79. The lowest BCUT2D eigenvalue weighted by Gasteiger charge is -1.98. The van der Waals surface area contributed by atoms with Crippen molar-refractivity contribution < 1.29 is 14.7 Å². The van der Waals surface area contributed by atoms with E-state index in [0.29, 0.717) is 6.42 Å². The molecule has 4 nitrogen and oxygen atoms in total. The monoisotopic (exact) mass is 179 g/mol. The standard InChI is InChI=1S/C9H9NO3/c1-4-7(11)3-5-2-6(9(12)13)10-8(4)5/h2,4,10H,3H2,1H3,(H,12,13). The Bertz CT molecular complexity index is 392. The predicted octanol–water partition coefficient (Wildman–Crippen LogP) is 0.942. The fraction of sp³-hybridized carbons (Fsp3) is 0.333. The number of aromatic amines is 1. The number of Topliss-reactive ketones (excluding diaryl/α,β-unsaturated/α-hetero) is 1. The first kappa shape index (κ1) is 8.04. The van der Waals surface area contributed by atoms with Gasteiger partial charge in [0.15, 0.2) is 0 Å². The van der Waals surface area contributed by atoms with Crippen LogP contribution in [0, 0.1) is 0 Å². The molecule has 0 saturated carbocycles. The van der Waals surface area contributed by atoms with Crippen molar-refractivity contribution in [3.8, 4) is 0 Å². The van der Waals surface area contributed by atoms with E-state index in [1.54, 1.807) is 13.0 Å². The minimum atomic E-state index is -0.978. The number of aromatic nitrogens is 1. The van der Waals surface area contributed by atoms with Gasteiger partial charge >= 0.3 is 5.97 Å². The number of nitrogens with one attached hydrogen (secondary N) is 1. The quantitative estimate of drug-likeness (QED) is 0.674. The maximum atomic E-state index is 11.2. The Morgan fingerprint density at radius 3 is 2.92 bits per heavy atom. The van der Waals surface area contributed by atoms with Gasteiger partial charge in [-0.05, 0) is 18.6 Å². The lowest BCUT2D eigenvalue weighted by molar-refractivity contribution is -0.118. The van der Waals surface area contributed by atoms with Crippen LogP contribution < -0.4 is 0 Å². The Labute approximate surface area is 74.6 Å². The van der Waals surface area contributed by atoms with Crippen molar-refractivity contribution in [3.05, 3.63) is 23.0 Å². The number of carboxylic acids is 1. The largest absolute Gasteiger partial charge is 0.477 e. The van der Waals surface area contributed by atoms with Crippen LogP contribution in [0.5, 0.6) is 0 Å². The molecule has 0 radical (unpaired) electrons. The first-order valence-corrected chi connectivity index (χ1v) is 4.07. The number of carboxylic acid groups (broad SMARTS) is 1. The fourth-order valence-electron chi connectivity index (χ4n) is 1.66. The Hall–Kier alpha value is -1.58. The van der Waals surface area contributed by atoms with E-state index < -0.39 is 5.97 Å². The first-order chi connectivity index (χ1) is 6.09. The third kappa shape index (κ3) is 1.06. The summed E-state index contributed by atoms with van der Waals surface area (Å²) in [5.74, 6) is -1.00. The zero-order chi connectivity index (χ0) is 9.59. The molecule has 0 saturated heterocycles. The van der Waals surface area contributed by atoms with Crippen LogP contribution in [-0.4, -0.2) is 21.8 Å². The van der Waals surface area contributed by atoms with Gasteiger partial charge in [-0.2, -0.15) is 0 Å². The number of H-pyrrole nitrogens is 1. The highest BCUT2D eigenvalue weighted by Crippen LogP contribution is 2.29. The number of rotatable bonds is 1. The first-order valence-electron chi connectivity index (χ1n) is 4.07. The van der Waals surface area contributed by atoms with Gasteiger partial charge in [0.1, 0.15) is 11.5 Å². The van der Waals surface area contributed by atoms with Gasteiger partial charge in [-0.1, -0.05) is 0 Å². The van der Waals surface area contributed by atoms with Gasteiger partial charge in [0.25, 0.3) is 0 Å². The van der Waals surface area contributed by atoms with Crippen molar-refractivity contribution in [1.29, 1.82) is 0 Å². The molecule has 0 spiro atoms. The third-order valence-electron chi connectivity index (χ3n) is 2.44. The summed E-state index contributed by atoms with van der Waals surface area (Å²) in [6.07, 6.45) is 0.361. The molecule has 0 aliphatic heterocycles. The van der Waals surface area contributed by atoms with Crippen LogP contribution in [0.4, 0.5) is 0 Å². The minimum absolute atomic E-state index is 0.151. The number of ketones is 1. The van der Waals surface area contributed by atoms with Crippen molar-refractivity contribution in [2.45, 2.75) is 19.3 Å². The van der Waals surface area contributed by atoms with Crippen LogP contribution >= 0.6 is 0 Å². The van der Waals surface area contributed by atoms with Gasteiger partial charge < -0.3 is 10.1 Å².